The van der Waals surface area contributed by atoms with Crippen molar-refractivity contribution in [3.05, 3.63) is 237 Å². The number of hydrogen-bond donors (Lipinski definition) is 0. The lowest BCUT2D eigenvalue weighted by molar-refractivity contribution is 0.670. The zero-order chi connectivity index (χ0) is 39.8. The second-order valence-corrected chi connectivity index (χ2v) is 15.3. The van der Waals surface area contributed by atoms with Crippen molar-refractivity contribution >= 4 is 49.8 Å². The molecule has 10 aromatic carbocycles. The Labute approximate surface area is 349 Å². The Bertz CT molecular complexity index is 3240. The van der Waals surface area contributed by atoms with Gasteiger partial charge in [0.1, 0.15) is 5.58 Å². The largest absolute Gasteiger partial charge is 0.453 e. The minimum atomic E-state index is 0.845. The van der Waals surface area contributed by atoms with E-state index in [4.69, 9.17) is 4.42 Å². The molecule has 0 unspecified atom stereocenters. The van der Waals surface area contributed by atoms with Gasteiger partial charge in [0.25, 0.3) is 0 Å². The highest BCUT2D eigenvalue weighted by atomic mass is 16.3. The third kappa shape index (κ3) is 6.41. The van der Waals surface area contributed by atoms with Gasteiger partial charge in [-0.1, -0.05) is 200 Å². The van der Waals surface area contributed by atoms with Crippen molar-refractivity contribution in [3.63, 3.8) is 0 Å². The van der Waals surface area contributed by atoms with Gasteiger partial charge >= 0.3 is 0 Å². The summed E-state index contributed by atoms with van der Waals surface area (Å²) in [6, 6.07) is 84.6. The molecule has 0 bridgehead atoms. The lowest BCUT2D eigenvalue weighted by atomic mass is 9.94. The Morgan fingerprint density at radius 2 is 0.650 bits per heavy atom. The summed E-state index contributed by atoms with van der Waals surface area (Å²) in [6.07, 6.45) is 0. The van der Waals surface area contributed by atoms with Gasteiger partial charge in [-0.05, 0) is 97.2 Å². The summed E-state index contributed by atoms with van der Waals surface area (Å²) in [6.45, 7) is 0. The van der Waals surface area contributed by atoms with Crippen LogP contribution in [-0.2, 0) is 0 Å². The van der Waals surface area contributed by atoms with Crippen molar-refractivity contribution in [1.82, 2.24) is 0 Å². The first-order valence-corrected chi connectivity index (χ1v) is 20.5. The molecular weight excluding hydrogens is 727 g/mol. The fourth-order valence-corrected chi connectivity index (χ4v) is 8.65. The highest BCUT2D eigenvalue weighted by Crippen LogP contribution is 2.47. The molecule has 0 aliphatic rings. The first kappa shape index (κ1) is 35.2. The van der Waals surface area contributed by atoms with E-state index in [1.165, 1.54) is 49.7 Å². The Kier molecular flexibility index (Phi) is 8.87. The normalized spacial score (nSPS) is 11.3. The van der Waals surface area contributed by atoms with Gasteiger partial charge in [-0.3, -0.25) is 0 Å². The average Bonchev–Trinajstić information content (AvgIpc) is 3.71. The first-order chi connectivity index (χ1) is 29.7. The molecule has 0 fully saturated rings. The molecule has 0 aliphatic carbocycles. The number of fused-ring (bicyclic) bond motifs is 4. The molecule has 2 heteroatoms. The molecule has 2 nitrogen and oxygen atoms in total. The summed E-state index contributed by atoms with van der Waals surface area (Å²) >= 11 is 0. The molecule has 11 rings (SSSR count). The average molecular weight is 766 g/mol. The highest BCUT2D eigenvalue weighted by Gasteiger charge is 2.22. The zero-order valence-corrected chi connectivity index (χ0v) is 32.9. The quantitative estimate of drug-likeness (QED) is 0.153. The van der Waals surface area contributed by atoms with Crippen LogP contribution in [0.15, 0.2) is 241 Å². The van der Waals surface area contributed by atoms with Crippen LogP contribution in [0, 0.1) is 0 Å². The summed E-state index contributed by atoms with van der Waals surface area (Å²) in [5.74, 6) is 0. The van der Waals surface area contributed by atoms with Crippen LogP contribution in [0.4, 0.5) is 17.1 Å². The fraction of sp³-hybridized carbons (Fsp3) is 0. The van der Waals surface area contributed by atoms with E-state index in [-0.39, 0.29) is 0 Å². The van der Waals surface area contributed by atoms with Gasteiger partial charge in [-0.15, -0.1) is 0 Å². The molecule has 11 aromatic rings. The molecule has 0 aliphatic heterocycles. The third-order valence-electron chi connectivity index (χ3n) is 11.7. The van der Waals surface area contributed by atoms with Crippen LogP contribution in [0.3, 0.4) is 0 Å². The van der Waals surface area contributed by atoms with Crippen molar-refractivity contribution in [1.29, 1.82) is 0 Å². The fourth-order valence-electron chi connectivity index (χ4n) is 8.65. The minimum absolute atomic E-state index is 0.845. The van der Waals surface area contributed by atoms with E-state index in [2.05, 4.69) is 241 Å². The zero-order valence-electron chi connectivity index (χ0n) is 32.9. The minimum Gasteiger partial charge on any atom is -0.453 e. The van der Waals surface area contributed by atoms with E-state index >= 15 is 0 Å². The van der Waals surface area contributed by atoms with Crippen LogP contribution < -0.4 is 4.90 Å². The molecule has 1 heterocycles. The summed E-state index contributed by atoms with van der Waals surface area (Å²) in [5.41, 5.74) is 16.5. The Morgan fingerprint density at radius 3 is 1.13 bits per heavy atom. The van der Waals surface area contributed by atoms with Crippen molar-refractivity contribution < 1.29 is 4.42 Å². The van der Waals surface area contributed by atoms with Crippen LogP contribution in [-0.4, -0.2) is 0 Å². The Hall–Kier alpha value is -7.94. The third-order valence-corrected chi connectivity index (χ3v) is 11.7. The van der Waals surface area contributed by atoms with Gasteiger partial charge in [-0.2, -0.15) is 0 Å². The topological polar surface area (TPSA) is 16.4 Å². The van der Waals surface area contributed by atoms with Crippen LogP contribution in [0.25, 0.3) is 88.3 Å². The molecule has 0 radical (unpaired) electrons. The number of furan rings is 1. The maximum atomic E-state index is 7.21. The van der Waals surface area contributed by atoms with E-state index < -0.39 is 0 Å². The smallest absolute Gasteiger partial charge is 0.159 e. The second kappa shape index (κ2) is 15.1. The first-order valence-electron chi connectivity index (χ1n) is 20.5. The number of hydrogen-bond acceptors (Lipinski definition) is 2. The molecule has 60 heavy (non-hydrogen) atoms. The predicted octanol–water partition coefficient (Wildman–Crippen LogP) is 16.5. The molecule has 1 aromatic heterocycles. The summed E-state index contributed by atoms with van der Waals surface area (Å²) in [4.78, 5) is 2.33. The van der Waals surface area contributed by atoms with Crippen LogP contribution in [0.1, 0.15) is 0 Å². The van der Waals surface area contributed by atoms with Crippen molar-refractivity contribution in [2.45, 2.75) is 0 Å². The van der Waals surface area contributed by atoms with Gasteiger partial charge in [0.2, 0.25) is 0 Å². The maximum absolute atomic E-state index is 7.21. The standard InChI is InChI=1S/C58H39NO/c1-4-13-40(14-5-1)43-23-25-45(26-24-43)47-33-37-51(38-34-47)59(50-35-31-46(32-36-50)42-17-8-3-9-18-42)55-22-12-21-53-54-39-49-19-10-11-20-52(49)56(58(54)60-57(53)55)48-29-27-44(28-30-48)41-15-6-2-7-16-41/h1-39H. The molecule has 0 saturated carbocycles. The number of anilines is 3. The van der Waals surface area contributed by atoms with Crippen molar-refractivity contribution in [2.24, 2.45) is 0 Å². The molecular formula is C58H39NO. The summed E-state index contributed by atoms with van der Waals surface area (Å²) in [5, 5.41) is 4.53. The maximum Gasteiger partial charge on any atom is 0.159 e. The summed E-state index contributed by atoms with van der Waals surface area (Å²) < 4.78 is 7.21. The predicted molar refractivity (Wildman–Crippen MR) is 253 cm³/mol. The molecule has 0 N–H and O–H groups in total. The van der Waals surface area contributed by atoms with Gasteiger partial charge in [-0.25, -0.2) is 0 Å². The molecule has 0 saturated heterocycles. The van der Waals surface area contributed by atoms with Crippen LogP contribution in [0.5, 0.6) is 0 Å². The van der Waals surface area contributed by atoms with Gasteiger partial charge in [0.15, 0.2) is 5.58 Å². The monoisotopic (exact) mass is 765 g/mol. The molecule has 0 spiro atoms. The number of benzene rings is 10. The molecule has 282 valence electrons. The lowest BCUT2D eigenvalue weighted by Crippen LogP contribution is -2.10. The Balaban J connectivity index is 1.06. The van der Waals surface area contributed by atoms with Crippen LogP contribution in [0.2, 0.25) is 0 Å². The van der Waals surface area contributed by atoms with Crippen molar-refractivity contribution in [2.75, 3.05) is 4.90 Å². The Morgan fingerprint density at radius 1 is 0.267 bits per heavy atom. The molecule has 0 atom stereocenters. The SMILES string of the molecule is c1ccc(-c2ccc(-c3ccc(N(c4ccc(-c5ccccc5)cc4)c4cccc5c4oc4c(-c6ccc(-c7ccccc7)cc6)c6ccccc6cc45)cc3)cc2)cc1. The second-order valence-electron chi connectivity index (χ2n) is 15.3. The summed E-state index contributed by atoms with van der Waals surface area (Å²) in [7, 11) is 0. The number of rotatable bonds is 8. The number of nitrogens with zero attached hydrogens (tertiary/aromatic N) is 1. The van der Waals surface area contributed by atoms with E-state index in [0.29, 0.717) is 0 Å². The lowest BCUT2D eigenvalue weighted by Gasteiger charge is -2.26. The highest BCUT2D eigenvalue weighted by molar-refractivity contribution is 6.20. The van der Waals surface area contributed by atoms with Crippen molar-refractivity contribution in [3.8, 4) is 55.6 Å². The van der Waals surface area contributed by atoms with Gasteiger partial charge in [0.05, 0.1) is 5.69 Å². The van der Waals surface area contributed by atoms with Gasteiger partial charge < -0.3 is 9.32 Å². The molecule has 0 amide bonds. The van der Waals surface area contributed by atoms with E-state index in [0.717, 1.165) is 55.7 Å². The van der Waals surface area contributed by atoms with Crippen LogP contribution >= 0.6 is 0 Å². The van der Waals surface area contributed by atoms with E-state index in [9.17, 15) is 0 Å². The van der Waals surface area contributed by atoms with E-state index in [1.54, 1.807) is 0 Å². The van der Waals surface area contributed by atoms with Gasteiger partial charge in [0, 0.05) is 27.7 Å². The number of para-hydroxylation sites is 1. The van der Waals surface area contributed by atoms with E-state index in [1.807, 2.05) is 0 Å².